The van der Waals surface area contributed by atoms with Gasteiger partial charge >= 0.3 is 0 Å². The molecule has 2 N–H and O–H groups in total. The van der Waals surface area contributed by atoms with E-state index in [0.29, 0.717) is 37.4 Å². The Balaban J connectivity index is 1.95. The number of amides is 2. The van der Waals surface area contributed by atoms with E-state index < -0.39 is 5.91 Å². The number of hydrogen-bond acceptors (Lipinski definition) is 5. The van der Waals surface area contributed by atoms with Crippen molar-refractivity contribution in [3.8, 4) is 6.07 Å². The smallest absolute Gasteiger partial charge is 0.254 e. The van der Waals surface area contributed by atoms with E-state index in [1.54, 1.807) is 41.1 Å². The van der Waals surface area contributed by atoms with Gasteiger partial charge in [-0.25, -0.2) is 0 Å². The molecule has 1 aromatic rings. The Bertz CT molecular complexity index is 609. The van der Waals surface area contributed by atoms with Crippen molar-refractivity contribution in [2.24, 2.45) is 5.73 Å². The molecule has 1 aliphatic heterocycles. The van der Waals surface area contributed by atoms with Crippen LogP contribution in [-0.2, 0) is 9.53 Å². The Labute approximate surface area is 135 Å². The number of rotatable bonds is 5. The summed E-state index contributed by atoms with van der Waals surface area (Å²) in [5.74, 6) is -0.478. The zero-order valence-corrected chi connectivity index (χ0v) is 13.1. The number of carbonyl (C=O) groups excluding carboxylic acids is 2. The molecule has 1 saturated heterocycles. The first-order valence-electron chi connectivity index (χ1n) is 7.37. The second-order valence-corrected chi connectivity index (χ2v) is 5.60. The second-order valence-electron chi connectivity index (χ2n) is 5.60. The minimum absolute atomic E-state index is 0.0830. The molecule has 1 aliphatic rings. The molecule has 23 heavy (non-hydrogen) atoms. The molecule has 0 bridgehead atoms. The number of benzene rings is 1. The zero-order chi connectivity index (χ0) is 16.8. The predicted octanol–water partition coefficient (Wildman–Crippen LogP) is -0.184. The van der Waals surface area contributed by atoms with Gasteiger partial charge in [-0.1, -0.05) is 0 Å². The number of nitrogens with two attached hydrogens (primary N) is 1. The number of hydrogen-bond donors (Lipinski definition) is 1. The molecule has 0 aliphatic carbocycles. The molecule has 7 heteroatoms. The number of likely N-dealkylation sites (N-methyl/N-ethyl adjacent to an activating group) is 1. The van der Waals surface area contributed by atoms with Crippen molar-refractivity contribution in [3.05, 3.63) is 35.4 Å². The first-order chi connectivity index (χ1) is 11.0. The normalized spacial score (nSPS) is 17.8. The lowest BCUT2D eigenvalue weighted by Gasteiger charge is -2.34. The van der Waals surface area contributed by atoms with Gasteiger partial charge in [0.1, 0.15) is 0 Å². The van der Waals surface area contributed by atoms with E-state index in [4.69, 9.17) is 15.7 Å². The number of primary amides is 1. The topological polar surface area (TPSA) is 99.7 Å². The van der Waals surface area contributed by atoms with E-state index >= 15 is 0 Å². The van der Waals surface area contributed by atoms with E-state index in [9.17, 15) is 9.59 Å². The lowest BCUT2D eigenvalue weighted by atomic mass is 10.1. The van der Waals surface area contributed by atoms with Crippen LogP contribution >= 0.6 is 0 Å². The molecule has 1 unspecified atom stereocenters. The van der Waals surface area contributed by atoms with Crippen LogP contribution in [0.3, 0.4) is 0 Å². The first-order valence-corrected chi connectivity index (χ1v) is 7.37. The van der Waals surface area contributed by atoms with Crippen molar-refractivity contribution in [2.45, 2.75) is 6.10 Å². The summed E-state index contributed by atoms with van der Waals surface area (Å²) in [6.07, 6.45) is -0.157. The summed E-state index contributed by atoms with van der Waals surface area (Å²) in [7, 11) is 1.79. The predicted molar refractivity (Wildman–Crippen MR) is 83.5 cm³/mol. The number of carbonyl (C=O) groups is 2. The fourth-order valence-corrected chi connectivity index (χ4v) is 2.56. The van der Waals surface area contributed by atoms with Gasteiger partial charge in [-0.2, -0.15) is 5.26 Å². The third kappa shape index (κ3) is 4.77. The van der Waals surface area contributed by atoms with Crippen LogP contribution < -0.4 is 5.73 Å². The quantitative estimate of drug-likeness (QED) is 0.812. The van der Waals surface area contributed by atoms with Crippen LogP contribution in [-0.4, -0.2) is 67.6 Å². The highest BCUT2D eigenvalue weighted by atomic mass is 16.5. The van der Waals surface area contributed by atoms with Crippen molar-refractivity contribution in [3.63, 3.8) is 0 Å². The summed E-state index contributed by atoms with van der Waals surface area (Å²) in [6, 6.07) is 8.60. The number of nitrogens with zero attached hydrogens (tertiary/aromatic N) is 3. The summed E-state index contributed by atoms with van der Waals surface area (Å²) < 4.78 is 5.65. The van der Waals surface area contributed by atoms with E-state index in [-0.39, 0.29) is 18.6 Å². The Kier molecular flexibility index (Phi) is 5.68. The fraction of sp³-hybridized carbons (Fsp3) is 0.438. The monoisotopic (exact) mass is 316 g/mol. The van der Waals surface area contributed by atoms with Gasteiger partial charge < -0.3 is 15.4 Å². The molecule has 0 aromatic heterocycles. The summed E-state index contributed by atoms with van der Waals surface area (Å²) >= 11 is 0. The zero-order valence-electron chi connectivity index (χ0n) is 13.1. The molecular formula is C16H20N4O3. The third-order valence-electron chi connectivity index (χ3n) is 3.63. The van der Waals surface area contributed by atoms with E-state index in [2.05, 4.69) is 0 Å². The highest BCUT2D eigenvalue weighted by molar-refractivity contribution is 5.94. The molecule has 7 nitrogen and oxygen atoms in total. The standard InChI is InChI=1S/C16H20N4O3/c1-19(11-15(18)21)9-14-10-20(6-7-23-14)16(22)13-4-2-12(8-17)3-5-13/h2-5,14H,6-7,9-11H2,1H3,(H2,18,21). The van der Waals surface area contributed by atoms with Crippen molar-refractivity contribution >= 4 is 11.8 Å². The number of morpholine rings is 1. The van der Waals surface area contributed by atoms with Gasteiger partial charge in [0, 0.05) is 25.2 Å². The third-order valence-corrected chi connectivity index (χ3v) is 3.63. The summed E-state index contributed by atoms with van der Waals surface area (Å²) in [4.78, 5) is 26.9. The maximum Gasteiger partial charge on any atom is 0.254 e. The van der Waals surface area contributed by atoms with Gasteiger partial charge in [-0.3, -0.25) is 14.5 Å². The molecule has 2 amide bonds. The average Bonchev–Trinajstić information content (AvgIpc) is 2.53. The molecule has 1 aromatic carbocycles. The highest BCUT2D eigenvalue weighted by Crippen LogP contribution is 2.12. The average molecular weight is 316 g/mol. The van der Waals surface area contributed by atoms with Crippen molar-refractivity contribution in [2.75, 3.05) is 39.8 Å². The SMILES string of the molecule is CN(CC(N)=O)CC1CN(C(=O)c2ccc(C#N)cc2)CCO1. The van der Waals surface area contributed by atoms with E-state index in [0.717, 1.165) is 0 Å². The largest absolute Gasteiger partial charge is 0.373 e. The van der Waals surface area contributed by atoms with Crippen LogP contribution in [0.4, 0.5) is 0 Å². The molecule has 1 fully saturated rings. The van der Waals surface area contributed by atoms with Crippen molar-refractivity contribution < 1.29 is 14.3 Å². The van der Waals surface area contributed by atoms with Gasteiger partial charge in [0.25, 0.3) is 5.91 Å². The van der Waals surface area contributed by atoms with Gasteiger partial charge in [-0.15, -0.1) is 0 Å². The minimum Gasteiger partial charge on any atom is -0.373 e. The van der Waals surface area contributed by atoms with E-state index in [1.807, 2.05) is 6.07 Å². The molecule has 1 heterocycles. The van der Waals surface area contributed by atoms with Crippen molar-refractivity contribution in [1.82, 2.24) is 9.80 Å². The molecular weight excluding hydrogens is 296 g/mol. The maximum absolute atomic E-state index is 12.5. The lowest BCUT2D eigenvalue weighted by molar-refractivity contribution is -0.119. The molecule has 0 saturated carbocycles. The molecule has 122 valence electrons. The number of ether oxygens (including phenoxy) is 1. The van der Waals surface area contributed by atoms with Gasteiger partial charge in [0.05, 0.1) is 30.9 Å². The minimum atomic E-state index is -0.395. The summed E-state index contributed by atoms with van der Waals surface area (Å²) in [5, 5.41) is 8.80. The molecule has 1 atom stereocenters. The van der Waals surface area contributed by atoms with Crippen LogP contribution in [0.25, 0.3) is 0 Å². The summed E-state index contributed by atoms with van der Waals surface area (Å²) in [6.45, 7) is 2.12. The Morgan fingerprint density at radius 2 is 2.13 bits per heavy atom. The van der Waals surface area contributed by atoms with Gasteiger partial charge in [-0.05, 0) is 31.3 Å². The van der Waals surface area contributed by atoms with Gasteiger partial charge in [0.15, 0.2) is 0 Å². The van der Waals surface area contributed by atoms with Crippen LogP contribution in [0.15, 0.2) is 24.3 Å². The van der Waals surface area contributed by atoms with E-state index in [1.165, 1.54) is 0 Å². The molecule has 2 rings (SSSR count). The van der Waals surface area contributed by atoms with Crippen molar-refractivity contribution in [1.29, 1.82) is 5.26 Å². The molecule has 0 radical (unpaired) electrons. The van der Waals surface area contributed by atoms with Crippen LogP contribution in [0.5, 0.6) is 0 Å². The lowest BCUT2D eigenvalue weighted by Crippen LogP contribution is -2.49. The maximum atomic E-state index is 12.5. The van der Waals surface area contributed by atoms with Crippen LogP contribution in [0.2, 0.25) is 0 Å². The van der Waals surface area contributed by atoms with Gasteiger partial charge in [0.2, 0.25) is 5.91 Å². The number of nitriles is 1. The molecule has 0 spiro atoms. The Morgan fingerprint density at radius 1 is 1.43 bits per heavy atom. The Hall–Kier alpha value is -2.43. The highest BCUT2D eigenvalue weighted by Gasteiger charge is 2.26. The van der Waals surface area contributed by atoms with Crippen LogP contribution in [0.1, 0.15) is 15.9 Å². The van der Waals surface area contributed by atoms with Crippen LogP contribution in [0, 0.1) is 11.3 Å². The fourth-order valence-electron chi connectivity index (χ4n) is 2.56. The Morgan fingerprint density at radius 3 is 2.74 bits per heavy atom. The second kappa shape index (κ2) is 7.72. The first kappa shape index (κ1) is 16.9. The summed E-state index contributed by atoms with van der Waals surface area (Å²) in [5.41, 5.74) is 6.24.